The van der Waals surface area contributed by atoms with E-state index < -0.39 is 5.97 Å². The zero-order valence-corrected chi connectivity index (χ0v) is 14.0. The van der Waals surface area contributed by atoms with Crippen LogP contribution in [0.15, 0.2) is 35.3 Å². The van der Waals surface area contributed by atoms with Crippen LogP contribution in [0.1, 0.15) is 29.9 Å². The van der Waals surface area contributed by atoms with E-state index >= 15 is 0 Å². The number of nitrogens with zero attached hydrogens (tertiary/aromatic N) is 2. The summed E-state index contributed by atoms with van der Waals surface area (Å²) < 4.78 is 7.54. The molecule has 0 bridgehead atoms. The van der Waals surface area contributed by atoms with E-state index in [1.54, 1.807) is 17.8 Å². The lowest BCUT2D eigenvalue weighted by molar-refractivity contribution is 0.0515. The molecule has 0 aliphatic rings. The zero-order chi connectivity index (χ0) is 15.4. The van der Waals surface area contributed by atoms with Crippen LogP contribution in [0, 0.1) is 3.57 Å². The fraction of sp³-hybridized carbons (Fsp3) is 0.267. The Balaban J connectivity index is 2.57. The fourth-order valence-corrected chi connectivity index (χ4v) is 2.21. The third-order valence-electron chi connectivity index (χ3n) is 2.93. The number of aryl methyl sites for hydroxylation is 1. The van der Waals surface area contributed by atoms with Crippen molar-refractivity contribution in [1.82, 2.24) is 9.78 Å². The van der Waals surface area contributed by atoms with Gasteiger partial charge in [-0.05, 0) is 60.2 Å². The minimum absolute atomic E-state index is 0.172. The Bertz CT molecular complexity index is 708. The number of rotatable bonds is 4. The average Bonchev–Trinajstić information content (AvgIpc) is 2.48. The fourth-order valence-electron chi connectivity index (χ4n) is 1.85. The number of hydrogen-bond acceptors (Lipinski definition) is 4. The lowest BCUT2D eigenvalue weighted by Gasteiger charge is -2.10. The first-order chi connectivity index (χ1) is 10.1. The Morgan fingerprint density at radius 1 is 1.29 bits per heavy atom. The minimum atomic E-state index is -0.683. The van der Waals surface area contributed by atoms with Crippen molar-refractivity contribution in [2.24, 2.45) is 0 Å². The van der Waals surface area contributed by atoms with Gasteiger partial charge in [0.1, 0.15) is 0 Å². The third-order valence-corrected chi connectivity index (χ3v) is 3.65. The molecule has 2 rings (SSSR count). The Hall–Kier alpha value is -1.70. The van der Waals surface area contributed by atoms with Crippen molar-refractivity contribution in [2.45, 2.75) is 20.3 Å². The smallest absolute Gasteiger partial charge is 0.362 e. The molecule has 0 saturated carbocycles. The van der Waals surface area contributed by atoms with E-state index in [0.29, 0.717) is 12.0 Å². The molecular weight excluding hydrogens is 383 g/mol. The first-order valence-electron chi connectivity index (χ1n) is 6.62. The molecule has 1 aromatic carbocycles. The predicted octanol–water partition coefficient (Wildman–Crippen LogP) is 2.58. The molecule has 5 nitrogen and oxygen atoms in total. The Kier molecular flexibility index (Phi) is 5.11. The molecule has 6 heteroatoms. The van der Waals surface area contributed by atoms with Gasteiger partial charge in [-0.25, -0.2) is 9.48 Å². The quantitative estimate of drug-likeness (QED) is 0.587. The van der Waals surface area contributed by atoms with E-state index in [-0.39, 0.29) is 17.7 Å². The molecule has 110 valence electrons. The Morgan fingerprint density at radius 2 is 1.95 bits per heavy atom. The molecule has 0 aliphatic carbocycles. The topological polar surface area (TPSA) is 61.2 Å². The summed E-state index contributed by atoms with van der Waals surface area (Å²) in [6.07, 6.45) is 2.19. The molecule has 0 fully saturated rings. The molecule has 2 aromatic rings. The van der Waals surface area contributed by atoms with Crippen molar-refractivity contribution in [3.8, 4) is 5.69 Å². The summed E-state index contributed by atoms with van der Waals surface area (Å²) in [5.41, 5.74) is 0.787. The molecule has 1 aromatic heterocycles. The molecule has 0 saturated heterocycles. The monoisotopic (exact) mass is 398 g/mol. The van der Waals surface area contributed by atoms with Crippen LogP contribution in [0.25, 0.3) is 5.69 Å². The minimum Gasteiger partial charge on any atom is -0.461 e. The number of aromatic nitrogens is 2. The number of hydrogen-bond donors (Lipinski definition) is 0. The molecular formula is C15H15IN2O3. The summed E-state index contributed by atoms with van der Waals surface area (Å²) in [7, 11) is 0. The van der Waals surface area contributed by atoms with Crippen molar-refractivity contribution in [3.63, 3.8) is 0 Å². The van der Waals surface area contributed by atoms with Gasteiger partial charge in [-0.2, -0.15) is 5.10 Å². The molecule has 0 unspecified atom stereocenters. The van der Waals surface area contributed by atoms with E-state index in [2.05, 4.69) is 27.7 Å². The van der Waals surface area contributed by atoms with E-state index in [1.807, 2.05) is 31.2 Å². The first-order valence-corrected chi connectivity index (χ1v) is 7.70. The van der Waals surface area contributed by atoms with Gasteiger partial charge in [-0.15, -0.1) is 0 Å². The van der Waals surface area contributed by atoms with Crippen molar-refractivity contribution in [2.75, 3.05) is 6.61 Å². The van der Waals surface area contributed by atoms with Gasteiger partial charge in [0.25, 0.3) is 0 Å². The standard InChI is InChI=1S/C15H15IN2O3/c1-3-10-9-18(12-7-5-11(16)6-8-12)17-13(14(10)19)15(20)21-4-2/h5-9H,3-4H2,1-2H3. The molecule has 0 amide bonds. The molecule has 1 heterocycles. The molecule has 0 atom stereocenters. The van der Waals surface area contributed by atoms with E-state index in [9.17, 15) is 9.59 Å². The van der Waals surface area contributed by atoms with E-state index in [0.717, 1.165) is 9.26 Å². The third kappa shape index (κ3) is 3.49. The first kappa shape index (κ1) is 15.7. The molecule has 0 N–H and O–H groups in total. The van der Waals surface area contributed by atoms with Gasteiger partial charge >= 0.3 is 5.97 Å². The summed E-state index contributed by atoms with van der Waals surface area (Å²) in [6, 6.07) is 7.64. The van der Waals surface area contributed by atoms with Gasteiger partial charge in [0.15, 0.2) is 0 Å². The maximum Gasteiger partial charge on any atom is 0.362 e. The van der Waals surface area contributed by atoms with Crippen molar-refractivity contribution in [1.29, 1.82) is 0 Å². The van der Waals surface area contributed by atoms with E-state index in [1.165, 1.54) is 0 Å². The summed E-state index contributed by atoms with van der Waals surface area (Å²) in [4.78, 5) is 24.0. The number of carbonyl (C=O) groups excluding carboxylic acids is 1. The Labute approximate surface area is 136 Å². The second-order valence-electron chi connectivity index (χ2n) is 4.33. The van der Waals surface area contributed by atoms with Crippen LogP contribution < -0.4 is 5.43 Å². The van der Waals surface area contributed by atoms with Crippen LogP contribution in [0.5, 0.6) is 0 Å². The SMILES string of the molecule is CCOC(=O)c1nn(-c2ccc(I)cc2)cc(CC)c1=O. The van der Waals surface area contributed by atoms with Gasteiger partial charge in [0, 0.05) is 15.3 Å². The number of benzene rings is 1. The maximum atomic E-state index is 12.2. The van der Waals surface area contributed by atoms with Gasteiger partial charge in [-0.3, -0.25) is 4.79 Å². The highest BCUT2D eigenvalue weighted by Gasteiger charge is 2.17. The van der Waals surface area contributed by atoms with Crippen molar-refractivity contribution >= 4 is 28.6 Å². The predicted molar refractivity (Wildman–Crippen MR) is 87.9 cm³/mol. The molecule has 0 aliphatic heterocycles. The van der Waals surface area contributed by atoms with Crippen molar-refractivity contribution in [3.05, 3.63) is 55.5 Å². The second-order valence-corrected chi connectivity index (χ2v) is 5.57. The molecule has 0 radical (unpaired) electrons. The number of esters is 1. The lowest BCUT2D eigenvalue weighted by atomic mass is 10.2. The van der Waals surface area contributed by atoms with Crippen LogP contribution >= 0.6 is 22.6 Å². The average molecular weight is 398 g/mol. The number of carbonyl (C=O) groups is 1. The van der Waals surface area contributed by atoms with Gasteiger partial charge in [0.2, 0.25) is 11.1 Å². The van der Waals surface area contributed by atoms with E-state index in [4.69, 9.17) is 4.74 Å². The van der Waals surface area contributed by atoms with Crippen LogP contribution in [0.2, 0.25) is 0 Å². The number of ether oxygens (including phenoxy) is 1. The van der Waals surface area contributed by atoms with Gasteiger partial charge in [-0.1, -0.05) is 6.92 Å². The van der Waals surface area contributed by atoms with Crippen LogP contribution in [0.3, 0.4) is 0 Å². The highest BCUT2D eigenvalue weighted by atomic mass is 127. The second kappa shape index (κ2) is 6.84. The summed E-state index contributed by atoms with van der Waals surface area (Å²) >= 11 is 2.21. The summed E-state index contributed by atoms with van der Waals surface area (Å²) in [6.45, 7) is 3.77. The summed E-state index contributed by atoms with van der Waals surface area (Å²) in [5.74, 6) is -0.683. The zero-order valence-electron chi connectivity index (χ0n) is 11.8. The van der Waals surface area contributed by atoms with Crippen LogP contribution in [-0.4, -0.2) is 22.4 Å². The normalized spacial score (nSPS) is 10.4. The van der Waals surface area contributed by atoms with Gasteiger partial charge < -0.3 is 4.74 Å². The van der Waals surface area contributed by atoms with Crippen molar-refractivity contribution < 1.29 is 9.53 Å². The summed E-state index contributed by atoms with van der Waals surface area (Å²) in [5, 5.41) is 4.13. The number of halogens is 1. The highest BCUT2D eigenvalue weighted by Crippen LogP contribution is 2.11. The maximum absolute atomic E-state index is 12.2. The Morgan fingerprint density at radius 3 is 2.52 bits per heavy atom. The molecule has 21 heavy (non-hydrogen) atoms. The largest absolute Gasteiger partial charge is 0.461 e. The van der Waals surface area contributed by atoms with Crippen LogP contribution in [-0.2, 0) is 11.2 Å². The molecule has 0 spiro atoms. The highest BCUT2D eigenvalue weighted by molar-refractivity contribution is 14.1. The van der Waals surface area contributed by atoms with Crippen LogP contribution in [0.4, 0.5) is 0 Å². The lowest BCUT2D eigenvalue weighted by Crippen LogP contribution is -2.26. The van der Waals surface area contributed by atoms with Gasteiger partial charge in [0.05, 0.1) is 12.3 Å².